The van der Waals surface area contributed by atoms with Crippen LogP contribution in [0.1, 0.15) is 11.1 Å². The second-order valence-corrected chi connectivity index (χ2v) is 3.93. The zero-order valence-corrected chi connectivity index (χ0v) is 9.54. The van der Waals surface area contributed by atoms with Crippen molar-refractivity contribution in [3.05, 3.63) is 78.1 Å². The molecular weight excluding hydrogens is 237 g/mol. The maximum Gasteiger partial charge on any atom is 0.298 e. The highest BCUT2D eigenvalue weighted by atomic mass is 19.3. The third-order valence-corrected chi connectivity index (χ3v) is 2.71. The van der Waals surface area contributed by atoms with Crippen LogP contribution in [0.5, 0.6) is 0 Å². The molecule has 3 heteroatoms. The summed E-state index contributed by atoms with van der Waals surface area (Å²) >= 11 is 0. The summed E-state index contributed by atoms with van der Waals surface area (Å²) in [6.45, 7) is 3.43. The molecular formula is C15H11F3. The zero-order chi connectivity index (χ0) is 13.2. The first-order valence-corrected chi connectivity index (χ1v) is 5.40. The molecule has 0 aliphatic rings. The topological polar surface area (TPSA) is 0 Å². The molecule has 2 rings (SSSR count). The Bertz CT molecular complexity index is 542. The van der Waals surface area contributed by atoms with Gasteiger partial charge in [-0.1, -0.05) is 49.0 Å². The second-order valence-electron chi connectivity index (χ2n) is 3.93. The van der Waals surface area contributed by atoms with E-state index in [1.807, 2.05) is 0 Å². The first kappa shape index (κ1) is 12.4. The number of alkyl halides is 2. The summed E-state index contributed by atoms with van der Waals surface area (Å²) < 4.78 is 41.0. The number of hydrogen-bond donors (Lipinski definition) is 0. The third-order valence-electron chi connectivity index (χ3n) is 2.71. The Labute approximate surface area is 103 Å². The van der Waals surface area contributed by atoms with E-state index in [9.17, 15) is 13.2 Å². The van der Waals surface area contributed by atoms with Crippen LogP contribution in [0.15, 0.2) is 61.2 Å². The highest BCUT2D eigenvalue weighted by Crippen LogP contribution is 2.40. The molecule has 2 aromatic carbocycles. The van der Waals surface area contributed by atoms with Gasteiger partial charge in [0.05, 0.1) is 0 Å². The van der Waals surface area contributed by atoms with E-state index in [0.717, 1.165) is 12.1 Å². The van der Waals surface area contributed by atoms with Crippen LogP contribution in [0, 0.1) is 5.82 Å². The molecule has 0 saturated carbocycles. The minimum absolute atomic E-state index is 0.126. The molecule has 0 aliphatic carbocycles. The lowest BCUT2D eigenvalue weighted by Gasteiger charge is -2.19. The number of rotatable bonds is 3. The Balaban J connectivity index is 2.36. The monoisotopic (exact) mass is 248 g/mol. The smallest absolute Gasteiger partial charge is 0.207 e. The fourth-order valence-corrected chi connectivity index (χ4v) is 1.65. The van der Waals surface area contributed by atoms with Crippen LogP contribution >= 0.6 is 0 Å². The number of hydrogen-bond acceptors (Lipinski definition) is 0. The van der Waals surface area contributed by atoms with Crippen molar-refractivity contribution < 1.29 is 13.2 Å². The first-order chi connectivity index (χ1) is 8.51. The van der Waals surface area contributed by atoms with Crippen molar-refractivity contribution >= 4 is 5.57 Å². The van der Waals surface area contributed by atoms with Gasteiger partial charge >= 0.3 is 0 Å². The Hall–Kier alpha value is -2.03. The molecule has 0 aliphatic heterocycles. The number of benzene rings is 2. The molecule has 0 radical (unpaired) electrons. The van der Waals surface area contributed by atoms with E-state index in [-0.39, 0.29) is 16.7 Å². The first-order valence-electron chi connectivity index (χ1n) is 5.40. The highest BCUT2D eigenvalue weighted by Gasteiger charge is 2.35. The van der Waals surface area contributed by atoms with Gasteiger partial charge in [0.15, 0.2) is 0 Å². The van der Waals surface area contributed by atoms with Gasteiger partial charge in [0, 0.05) is 11.1 Å². The molecule has 0 atom stereocenters. The van der Waals surface area contributed by atoms with Crippen molar-refractivity contribution in [2.24, 2.45) is 0 Å². The van der Waals surface area contributed by atoms with E-state index in [1.54, 1.807) is 18.2 Å². The molecule has 0 unspecified atom stereocenters. The Morgan fingerprint density at radius 1 is 0.889 bits per heavy atom. The van der Waals surface area contributed by atoms with Gasteiger partial charge in [-0.15, -0.1) is 0 Å². The lowest BCUT2D eigenvalue weighted by molar-refractivity contribution is 0.0646. The van der Waals surface area contributed by atoms with Gasteiger partial charge in [0.1, 0.15) is 5.82 Å². The van der Waals surface area contributed by atoms with Crippen LogP contribution in [-0.4, -0.2) is 0 Å². The van der Waals surface area contributed by atoms with Crippen molar-refractivity contribution in [2.45, 2.75) is 5.92 Å². The predicted octanol–water partition coefficient (Wildman–Crippen LogP) is 4.63. The fourth-order valence-electron chi connectivity index (χ4n) is 1.65. The number of halogens is 3. The molecule has 0 spiro atoms. The molecule has 0 bridgehead atoms. The molecule has 0 N–H and O–H groups in total. The van der Waals surface area contributed by atoms with Crippen molar-refractivity contribution in [3.8, 4) is 0 Å². The van der Waals surface area contributed by atoms with E-state index in [1.165, 1.54) is 24.3 Å². The van der Waals surface area contributed by atoms with Gasteiger partial charge in [0.2, 0.25) is 0 Å². The molecule has 2 aromatic rings. The van der Waals surface area contributed by atoms with Crippen LogP contribution < -0.4 is 0 Å². The van der Waals surface area contributed by atoms with Gasteiger partial charge in [-0.3, -0.25) is 0 Å². The standard InChI is InChI=1S/C15H11F3/c1-11(12-7-9-14(16)10-8-12)15(17,18)13-5-3-2-4-6-13/h2-10H,1H2. The Kier molecular flexibility index (Phi) is 3.24. The number of allylic oxidation sites excluding steroid dienone is 1. The summed E-state index contributed by atoms with van der Waals surface area (Å²) in [5.41, 5.74) is -0.238. The quantitative estimate of drug-likeness (QED) is 0.742. The summed E-state index contributed by atoms with van der Waals surface area (Å²) in [6.07, 6.45) is 0. The van der Waals surface area contributed by atoms with E-state index in [4.69, 9.17) is 0 Å². The van der Waals surface area contributed by atoms with Crippen molar-refractivity contribution in [3.63, 3.8) is 0 Å². The van der Waals surface area contributed by atoms with Crippen LogP contribution in [0.2, 0.25) is 0 Å². The summed E-state index contributed by atoms with van der Waals surface area (Å²) in [6, 6.07) is 12.3. The van der Waals surface area contributed by atoms with Gasteiger partial charge in [-0.25, -0.2) is 4.39 Å². The van der Waals surface area contributed by atoms with Crippen LogP contribution in [-0.2, 0) is 5.92 Å². The molecule has 0 aromatic heterocycles. The maximum absolute atomic E-state index is 14.1. The largest absolute Gasteiger partial charge is 0.298 e. The summed E-state index contributed by atoms with van der Waals surface area (Å²) in [4.78, 5) is 0. The lowest BCUT2D eigenvalue weighted by Crippen LogP contribution is -2.15. The average Bonchev–Trinajstić information content (AvgIpc) is 2.40. The summed E-state index contributed by atoms with van der Waals surface area (Å²) in [5.74, 6) is -3.63. The molecule has 0 saturated heterocycles. The third kappa shape index (κ3) is 2.30. The van der Waals surface area contributed by atoms with Gasteiger partial charge in [-0.05, 0) is 17.7 Å². The van der Waals surface area contributed by atoms with E-state index in [2.05, 4.69) is 6.58 Å². The maximum atomic E-state index is 14.1. The second kappa shape index (κ2) is 4.69. The molecule has 0 heterocycles. The summed E-state index contributed by atoms with van der Waals surface area (Å²) in [5, 5.41) is 0. The van der Waals surface area contributed by atoms with Gasteiger partial charge < -0.3 is 0 Å². The van der Waals surface area contributed by atoms with Gasteiger partial charge in [-0.2, -0.15) is 8.78 Å². The van der Waals surface area contributed by atoms with Crippen molar-refractivity contribution in [2.75, 3.05) is 0 Å². The summed E-state index contributed by atoms with van der Waals surface area (Å²) in [7, 11) is 0. The average molecular weight is 248 g/mol. The van der Waals surface area contributed by atoms with Gasteiger partial charge in [0.25, 0.3) is 5.92 Å². The highest BCUT2D eigenvalue weighted by molar-refractivity contribution is 5.70. The molecule has 0 amide bonds. The minimum atomic E-state index is -3.17. The normalized spacial score (nSPS) is 11.3. The van der Waals surface area contributed by atoms with Crippen molar-refractivity contribution in [1.29, 1.82) is 0 Å². The van der Waals surface area contributed by atoms with Crippen LogP contribution in [0.3, 0.4) is 0 Å². The van der Waals surface area contributed by atoms with Crippen LogP contribution in [0.4, 0.5) is 13.2 Å². The molecule has 18 heavy (non-hydrogen) atoms. The van der Waals surface area contributed by atoms with Crippen LogP contribution in [0.25, 0.3) is 5.57 Å². The van der Waals surface area contributed by atoms with E-state index >= 15 is 0 Å². The predicted molar refractivity (Wildman–Crippen MR) is 65.8 cm³/mol. The molecule has 0 nitrogen and oxygen atoms in total. The molecule has 0 fully saturated rings. The van der Waals surface area contributed by atoms with E-state index in [0.29, 0.717) is 0 Å². The Morgan fingerprint density at radius 2 is 1.44 bits per heavy atom. The SMILES string of the molecule is C=C(c1ccc(F)cc1)C(F)(F)c1ccccc1. The lowest BCUT2D eigenvalue weighted by atomic mass is 9.96. The van der Waals surface area contributed by atoms with Crippen molar-refractivity contribution in [1.82, 2.24) is 0 Å². The zero-order valence-electron chi connectivity index (χ0n) is 9.54. The Morgan fingerprint density at radius 3 is 2.00 bits per heavy atom. The molecule has 92 valence electrons. The fraction of sp³-hybridized carbons (Fsp3) is 0.0667. The minimum Gasteiger partial charge on any atom is -0.207 e. The van der Waals surface area contributed by atoms with E-state index < -0.39 is 11.7 Å².